The zero-order valence-electron chi connectivity index (χ0n) is 44.4. The zero-order valence-corrected chi connectivity index (χ0v) is 44.4. The standard InChI is InChI=1S/C77H48N4O/c1-3-13-49(14-4-1)51-23-27-53(28-24-51)55-31-35-57(36-32-55)75-78-76(58-37-33-56(34-38-58)54-29-25-52(26-30-54)50-15-5-2-6-16-50)80-77(79-75)64-39-41-70(66(46-64)63-40-42-74-69(45-63)65-21-11-12-22-73(65)82-74)81-71-47-61-19-9-7-17-59(61)43-67(71)68-44-60-18-8-10-20-62(60)48-72(68)81/h1-48H. The van der Waals surface area contributed by atoms with Crippen molar-refractivity contribution in [1.82, 2.24) is 19.5 Å². The van der Waals surface area contributed by atoms with Gasteiger partial charge in [-0.25, -0.2) is 15.0 Å². The molecule has 0 aliphatic heterocycles. The molecule has 0 aliphatic rings. The summed E-state index contributed by atoms with van der Waals surface area (Å²) in [6.07, 6.45) is 0. The van der Waals surface area contributed by atoms with Gasteiger partial charge < -0.3 is 8.98 Å². The van der Waals surface area contributed by atoms with Crippen molar-refractivity contribution in [2.24, 2.45) is 0 Å². The third kappa shape index (κ3) is 8.30. The van der Waals surface area contributed by atoms with E-state index in [9.17, 15) is 0 Å². The van der Waals surface area contributed by atoms with E-state index >= 15 is 0 Å². The number of fused-ring (bicyclic) bond motifs is 8. The van der Waals surface area contributed by atoms with Gasteiger partial charge in [0.15, 0.2) is 17.5 Å². The summed E-state index contributed by atoms with van der Waals surface area (Å²) in [7, 11) is 0. The van der Waals surface area contributed by atoms with Crippen LogP contribution in [-0.2, 0) is 0 Å². The molecule has 0 aliphatic carbocycles. The molecule has 0 fully saturated rings. The Hall–Kier alpha value is -11.0. The van der Waals surface area contributed by atoms with Gasteiger partial charge in [0, 0.05) is 43.8 Å². The lowest BCUT2D eigenvalue weighted by Gasteiger charge is -2.17. The SMILES string of the molecule is c1ccc(-c2ccc(-c3ccc(-c4nc(-c5ccc(-c6ccc(-c7ccccc7)cc6)cc5)nc(-c5ccc(-n6c7cc8ccccc8cc7c7cc8ccccc8cc76)c(-c6ccc7oc8ccccc8c7c6)c5)n4)cc3)cc2)cc1. The summed E-state index contributed by atoms with van der Waals surface area (Å²) in [5, 5.41) is 9.30. The van der Waals surface area contributed by atoms with Crippen molar-refractivity contribution in [1.29, 1.82) is 0 Å². The van der Waals surface area contributed by atoms with E-state index in [0.717, 1.165) is 88.7 Å². The summed E-state index contributed by atoms with van der Waals surface area (Å²) in [5.74, 6) is 1.75. The highest BCUT2D eigenvalue weighted by Gasteiger charge is 2.21. The molecule has 13 aromatic carbocycles. The lowest BCUT2D eigenvalue weighted by molar-refractivity contribution is 0.669. The fourth-order valence-corrected chi connectivity index (χ4v) is 12.0. The number of para-hydroxylation sites is 1. The van der Waals surface area contributed by atoms with Gasteiger partial charge >= 0.3 is 0 Å². The van der Waals surface area contributed by atoms with Crippen LogP contribution in [0.3, 0.4) is 0 Å². The second-order valence-electron chi connectivity index (χ2n) is 21.2. The maximum absolute atomic E-state index is 6.42. The number of rotatable bonds is 9. The topological polar surface area (TPSA) is 56.7 Å². The van der Waals surface area contributed by atoms with E-state index < -0.39 is 0 Å². The van der Waals surface area contributed by atoms with Crippen LogP contribution in [-0.4, -0.2) is 19.5 Å². The molecule has 0 saturated carbocycles. The van der Waals surface area contributed by atoms with E-state index in [2.05, 4.69) is 284 Å². The van der Waals surface area contributed by atoms with Crippen LogP contribution >= 0.6 is 0 Å². The molecule has 5 heteroatoms. The third-order valence-electron chi connectivity index (χ3n) is 16.3. The lowest BCUT2D eigenvalue weighted by atomic mass is 9.98. The van der Waals surface area contributed by atoms with Crippen LogP contribution in [0, 0.1) is 0 Å². The smallest absolute Gasteiger partial charge is 0.164 e. The van der Waals surface area contributed by atoms with Gasteiger partial charge in [-0.2, -0.15) is 0 Å². The van der Waals surface area contributed by atoms with E-state index in [-0.39, 0.29) is 0 Å². The first-order chi connectivity index (χ1) is 40.6. The monoisotopic (exact) mass is 1040 g/mol. The molecule has 3 heterocycles. The Morgan fingerprint density at radius 3 is 1.06 bits per heavy atom. The van der Waals surface area contributed by atoms with E-state index in [0.29, 0.717) is 17.5 Å². The van der Waals surface area contributed by atoms with Crippen molar-refractivity contribution in [3.05, 3.63) is 291 Å². The molecule has 0 atom stereocenters. The molecule has 0 unspecified atom stereocenters. The number of nitrogens with zero attached hydrogens (tertiary/aromatic N) is 4. The highest BCUT2D eigenvalue weighted by atomic mass is 16.3. The highest BCUT2D eigenvalue weighted by Crippen LogP contribution is 2.43. The van der Waals surface area contributed by atoms with Crippen LogP contribution in [0.2, 0.25) is 0 Å². The number of furan rings is 1. The molecule has 3 aromatic heterocycles. The Morgan fingerprint density at radius 1 is 0.232 bits per heavy atom. The van der Waals surface area contributed by atoms with Gasteiger partial charge in [0.05, 0.1) is 16.7 Å². The van der Waals surface area contributed by atoms with Crippen molar-refractivity contribution in [2.45, 2.75) is 0 Å². The van der Waals surface area contributed by atoms with Crippen LogP contribution in [0.5, 0.6) is 0 Å². The molecule has 16 rings (SSSR count). The van der Waals surface area contributed by atoms with Gasteiger partial charge in [-0.15, -0.1) is 0 Å². The predicted octanol–water partition coefficient (Wildman–Crippen LogP) is 20.5. The van der Waals surface area contributed by atoms with E-state index in [1.165, 1.54) is 54.6 Å². The molecular formula is C77H48N4O. The third-order valence-corrected chi connectivity index (χ3v) is 16.3. The molecule has 0 saturated heterocycles. The summed E-state index contributed by atoms with van der Waals surface area (Å²) in [6.45, 7) is 0. The van der Waals surface area contributed by atoms with Gasteiger partial charge in [-0.05, 0) is 132 Å². The molecular weight excluding hydrogens is 997 g/mol. The zero-order chi connectivity index (χ0) is 54.1. The van der Waals surface area contributed by atoms with E-state index in [4.69, 9.17) is 19.4 Å². The summed E-state index contributed by atoms with van der Waals surface area (Å²) >= 11 is 0. The molecule has 5 nitrogen and oxygen atoms in total. The van der Waals surface area contributed by atoms with Crippen molar-refractivity contribution >= 4 is 65.3 Å². The minimum atomic E-state index is 0.572. The molecule has 82 heavy (non-hydrogen) atoms. The van der Waals surface area contributed by atoms with Crippen LogP contribution in [0.25, 0.3) is 161 Å². The Bertz CT molecular complexity index is 4870. The Kier molecular flexibility index (Phi) is 11.1. The minimum absolute atomic E-state index is 0.572. The minimum Gasteiger partial charge on any atom is -0.456 e. The quantitative estimate of drug-likeness (QED) is 0.145. The second kappa shape index (κ2) is 19.4. The van der Waals surface area contributed by atoms with E-state index in [1.807, 2.05) is 12.1 Å². The number of hydrogen-bond acceptors (Lipinski definition) is 4. The van der Waals surface area contributed by atoms with Crippen molar-refractivity contribution in [3.63, 3.8) is 0 Å². The van der Waals surface area contributed by atoms with Crippen molar-refractivity contribution in [2.75, 3.05) is 0 Å². The molecule has 0 spiro atoms. The van der Waals surface area contributed by atoms with Crippen LogP contribution in [0.4, 0.5) is 0 Å². The van der Waals surface area contributed by atoms with Crippen molar-refractivity contribution in [3.8, 4) is 95.5 Å². The van der Waals surface area contributed by atoms with Gasteiger partial charge in [0.2, 0.25) is 0 Å². The first-order valence-electron chi connectivity index (χ1n) is 27.8. The van der Waals surface area contributed by atoms with E-state index in [1.54, 1.807) is 0 Å². The number of aromatic nitrogens is 4. The predicted molar refractivity (Wildman–Crippen MR) is 340 cm³/mol. The Labute approximate surface area is 473 Å². The molecule has 16 aromatic rings. The number of hydrogen-bond donors (Lipinski definition) is 0. The fourth-order valence-electron chi connectivity index (χ4n) is 12.0. The highest BCUT2D eigenvalue weighted by molar-refractivity contribution is 6.17. The van der Waals surface area contributed by atoms with Crippen LogP contribution in [0.15, 0.2) is 296 Å². The lowest BCUT2D eigenvalue weighted by Crippen LogP contribution is -2.02. The average Bonchev–Trinajstić information content (AvgIpc) is 4.09. The molecule has 0 radical (unpaired) electrons. The summed E-state index contributed by atoms with van der Waals surface area (Å²) in [4.78, 5) is 16.0. The largest absolute Gasteiger partial charge is 0.456 e. The second-order valence-corrected chi connectivity index (χ2v) is 21.2. The Balaban J connectivity index is 0.871. The number of benzene rings is 13. The van der Waals surface area contributed by atoms with Crippen molar-refractivity contribution < 1.29 is 4.42 Å². The Morgan fingerprint density at radius 2 is 0.585 bits per heavy atom. The normalized spacial score (nSPS) is 11.7. The van der Waals surface area contributed by atoms with Gasteiger partial charge in [-0.1, -0.05) is 231 Å². The maximum atomic E-state index is 6.42. The van der Waals surface area contributed by atoms with Gasteiger partial charge in [0.25, 0.3) is 0 Å². The van der Waals surface area contributed by atoms with Crippen LogP contribution in [0.1, 0.15) is 0 Å². The van der Waals surface area contributed by atoms with Crippen LogP contribution < -0.4 is 0 Å². The first kappa shape index (κ1) is 47.0. The fraction of sp³-hybridized carbons (Fsp3) is 0. The van der Waals surface area contributed by atoms with Gasteiger partial charge in [-0.3, -0.25) is 0 Å². The first-order valence-corrected chi connectivity index (χ1v) is 27.8. The summed E-state index contributed by atoms with van der Waals surface area (Å²) in [6, 6.07) is 104. The molecule has 382 valence electrons. The average molecular weight is 1050 g/mol. The molecule has 0 amide bonds. The maximum Gasteiger partial charge on any atom is 0.164 e. The summed E-state index contributed by atoms with van der Waals surface area (Å²) < 4.78 is 8.88. The van der Waals surface area contributed by atoms with Gasteiger partial charge in [0.1, 0.15) is 11.2 Å². The summed E-state index contributed by atoms with van der Waals surface area (Å²) in [5.41, 5.74) is 19.0. The molecule has 0 bridgehead atoms. The molecule has 0 N–H and O–H groups in total.